The molecule has 0 aliphatic rings. The summed E-state index contributed by atoms with van der Waals surface area (Å²) in [5.74, 6) is 0.939. The topological polar surface area (TPSA) is 33.4 Å². The van der Waals surface area contributed by atoms with Crippen LogP contribution in [-0.4, -0.2) is 11.2 Å². The highest BCUT2D eigenvalue weighted by atomic mass is 16.3. The molecule has 0 radical (unpaired) electrons. The van der Waals surface area contributed by atoms with Crippen LogP contribution in [-0.2, 0) is 12.8 Å². The summed E-state index contributed by atoms with van der Waals surface area (Å²) in [5, 5.41) is 9.98. The molecule has 17 heavy (non-hydrogen) atoms. The first-order valence-corrected chi connectivity index (χ1v) is 6.00. The highest BCUT2D eigenvalue weighted by Crippen LogP contribution is 2.13. The van der Waals surface area contributed by atoms with Crippen molar-refractivity contribution in [3.8, 4) is 0 Å². The molecule has 0 amide bonds. The highest BCUT2D eigenvalue weighted by Gasteiger charge is 2.08. The lowest BCUT2D eigenvalue weighted by molar-refractivity contribution is 0.162. The number of benzene rings is 1. The fourth-order valence-corrected chi connectivity index (χ4v) is 1.96. The van der Waals surface area contributed by atoms with Crippen LogP contribution in [0.5, 0.6) is 0 Å². The predicted molar refractivity (Wildman–Crippen MR) is 67.9 cm³/mol. The lowest BCUT2D eigenvalue weighted by atomic mass is 10.00. The smallest absolute Gasteiger partial charge is 0.103 e. The van der Waals surface area contributed by atoms with E-state index < -0.39 is 0 Å². The predicted octanol–water partition coefficient (Wildman–Crippen LogP) is 3.12. The maximum atomic E-state index is 9.98. The molecule has 0 spiro atoms. The molecule has 90 valence electrons. The van der Waals surface area contributed by atoms with E-state index in [1.807, 2.05) is 24.3 Å². The molecule has 1 atom stereocenters. The molecule has 1 N–H and O–H groups in total. The van der Waals surface area contributed by atoms with E-state index >= 15 is 0 Å². The molecule has 0 aliphatic heterocycles. The Balaban J connectivity index is 1.85. The molecule has 0 saturated carbocycles. The van der Waals surface area contributed by atoms with Gasteiger partial charge in [-0.2, -0.15) is 0 Å². The van der Waals surface area contributed by atoms with Crippen LogP contribution in [0.15, 0.2) is 47.1 Å². The van der Waals surface area contributed by atoms with E-state index in [0.717, 1.165) is 18.6 Å². The number of aliphatic hydroxyl groups is 1. The molecule has 1 unspecified atom stereocenters. The van der Waals surface area contributed by atoms with Gasteiger partial charge in [0.15, 0.2) is 0 Å². The summed E-state index contributed by atoms with van der Waals surface area (Å²) >= 11 is 0. The van der Waals surface area contributed by atoms with Crippen LogP contribution in [0.1, 0.15) is 23.3 Å². The molecule has 2 nitrogen and oxygen atoms in total. The maximum absolute atomic E-state index is 9.98. The van der Waals surface area contributed by atoms with Crippen molar-refractivity contribution in [3.05, 3.63) is 59.5 Å². The van der Waals surface area contributed by atoms with Gasteiger partial charge in [-0.25, -0.2) is 0 Å². The summed E-state index contributed by atoms with van der Waals surface area (Å²) in [6.45, 7) is 2.08. The van der Waals surface area contributed by atoms with Crippen LogP contribution in [0, 0.1) is 6.92 Å². The SMILES string of the molecule is Cc1ccccc1CC(O)CCc1ccco1. The fraction of sp³-hybridized carbons (Fsp3) is 0.333. The van der Waals surface area contributed by atoms with E-state index in [1.54, 1.807) is 6.26 Å². The molecule has 2 rings (SSSR count). The summed E-state index contributed by atoms with van der Waals surface area (Å²) in [4.78, 5) is 0. The molecule has 0 aliphatic carbocycles. The maximum Gasteiger partial charge on any atom is 0.103 e. The molecular weight excluding hydrogens is 212 g/mol. The lowest BCUT2D eigenvalue weighted by Crippen LogP contribution is -2.12. The average molecular weight is 230 g/mol. The third kappa shape index (κ3) is 3.46. The molecule has 0 fully saturated rings. The monoisotopic (exact) mass is 230 g/mol. The number of hydrogen-bond donors (Lipinski definition) is 1. The quantitative estimate of drug-likeness (QED) is 0.856. The second-order valence-corrected chi connectivity index (χ2v) is 4.40. The zero-order chi connectivity index (χ0) is 12.1. The summed E-state index contributed by atoms with van der Waals surface area (Å²) in [7, 11) is 0. The minimum absolute atomic E-state index is 0.304. The molecule has 2 heteroatoms. The number of furan rings is 1. The Morgan fingerprint density at radius 3 is 2.71 bits per heavy atom. The van der Waals surface area contributed by atoms with Crippen molar-refractivity contribution in [2.75, 3.05) is 0 Å². The standard InChI is InChI=1S/C15H18O2/c1-12-5-2-3-6-13(12)11-14(16)8-9-15-7-4-10-17-15/h2-7,10,14,16H,8-9,11H2,1H3. The van der Waals surface area contributed by atoms with Gasteiger partial charge < -0.3 is 9.52 Å². The van der Waals surface area contributed by atoms with Crippen LogP contribution < -0.4 is 0 Å². The number of aryl methyl sites for hydroxylation is 2. The molecule has 1 aromatic carbocycles. The van der Waals surface area contributed by atoms with Crippen molar-refractivity contribution in [1.29, 1.82) is 0 Å². The number of rotatable bonds is 5. The first kappa shape index (κ1) is 11.9. The number of aliphatic hydroxyl groups excluding tert-OH is 1. The van der Waals surface area contributed by atoms with Crippen LogP contribution in [0.25, 0.3) is 0 Å². The minimum atomic E-state index is -0.304. The second-order valence-electron chi connectivity index (χ2n) is 4.40. The van der Waals surface area contributed by atoms with Crippen molar-refractivity contribution in [2.24, 2.45) is 0 Å². The Hall–Kier alpha value is -1.54. The van der Waals surface area contributed by atoms with Gasteiger partial charge in [-0.15, -0.1) is 0 Å². The lowest BCUT2D eigenvalue weighted by Gasteiger charge is -2.11. The molecule has 0 bridgehead atoms. The Morgan fingerprint density at radius 1 is 1.18 bits per heavy atom. The van der Waals surface area contributed by atoms with E-state index in [0.29, 0.717) is 6.42 Å². The Labute approximate surface area is 102 Å². The largest absolute Gasteiger partial charge is 0.469 e. The molecule has 1 aromatic heterocycles. The third-order valence-electron chi connectivity index (χ3n) is 3.02. The van der Waals surface area contributed by atoms with Gasteiger partial charge in [0.25, 0.3) is 0 Å². The summed E-state index contributed by atoms with van der Waals surface area (Å²) in [5.41, 5.74) is 2.46. The first-order chi connectivity index (χ1) is 8.25. The van der Waals surface area contributed by atoms with Gasteiger partial charge in [0.05, 0.1) is 12.4 Å². The van der Waals surface area contributed by atoms with Gasteiger partial charge in [-0.05, 0) is 43.0 Å². The van der Waals surface area contributed by atoms with Crippen LogP contribution in [0.2, 0.25) is 0 Å². The zero-order valence-corrected chi connectivity index (χ0v) is 10.1. The summed E-state index contributed by atoms with van der Waals surface area (Å²) < 4.78 is 5.25. The van der Waals surface area contributed by atoms with Gasteiger partial charge >= 0.3 is 0 Å². The normalized spacial score (nSPS) is 12.6. The van der Waals surface area contributed by atoms with E-state index in [9.17, 15) is 5.11 Å². The van der Waals surface area contributed by atoms with Crippen molar-refractivity contribution < 1.29 is 9.52 Å². The first-order valence-electron chi connectivity index (χ1n) is 6.00. The van der Waals surface area contributed by atoms with E-state index in [1.165, 1.54) is 11.1 Å². The molecule has 1 heterocycles. The van der Waals surface area contributed by atoms with Gasteiger partial charge in [0.2, 0.25) is 0 Å². The summed E-state index contributed by atoms with van der Waals surface area (Å²) in [6.07, 6.45) is 3.61. The van der Waals surface area contributed by atoms with Gasteiger partial charge in [-0.3, -0.25) is 0 Å². The van der Waals surface area contributed by atoms with Crippen LogP contribution in [0.3, 0.4) is 0 Å². The Morgan fingerprint density at radius 2 is 2.00 bits per heavy atom. The molecule has 0 saturated heterocycles. The van der Waals surface area contributed by atoms with E-state index in [2.05, 4.69) is 19.1 Å². The fourth-order valence-electron chi connectivity index (χ4n) is 1.96. The van der Waals surface area contributed by atoms with Crippen LogP contribution >= 0.6 is 0 Å². The van der Waals surface area contributed by atoms with Crippen molar-refractivity contribution in [1.82, 2.24) is 0 Å². The third-order valence-corrected chi connectivity index (χ3v) is 3.02. The summed E-state index contributed by atoms with van der Waals surface area (Å²) in [6, 6.07) is 12.0. The van der Waals surface area contributed by atoms with Crippen molar-refractivity contribution in [2.45, 2.75) is 32.3 Å². The van der Waals surface area contributed by atoms with Crippen molar-refractivity contribution in [3.63, 3.8) is 0 Å². The minimum Gasteiger partial charge on any atom is -0.469 e. The van der Waals surface area contributed by atoms with Gasteiger partial charge in [0, 0.05) is 6.42 Å². The second kappa shape index (κ2) is 5.69. The Kier molecular flexibility index (Phi) is 3.99. The highest BCUT2D eigenvalue weighted by molar-refractivity contribution is 5.26. The molecular formula is C15H18O2. The zero-order valence-electron chi connectivity index (χ0n) is 10.1. The van der Waals surface area contributed by atoms with Crippen LogP contribution in [0.4, 0.5) is 0 Å². The average Bonchev–Trinajstić information content (AvgIpc) is 2.82. The van der Waals surface area contributed by atoms with E-state index in [-0.39, 0.29) is 6.10 Å². The number of hydrogen-bond acceptors (Lipinski definition) is 2. The van der Waals surface area contributed by atoms with Gasteiger partial charge in [0.1, 0.15) is 5.76 Å². The van der Waals surface area contributed by atoms with Gasteiger partial charge in [-0.1, -0.05) is 24.3 Å². The van der Waals surface area contributed by atoms with E-state index in [4.69, 9.17) is 4.42 Å². The molecule has 2 aromatic rings. The van der Waals surface area contributed by atoms with Crippen molar-refractivity contribution >= 4 is 0 Å². The Bertz CT molecular complexity index is 446.